The summed E-state index contributed by atoms with van der Waals surface area (Å²) >= 11 is 0. The zero-order valence-corrected chi connectivity index (χ0v) is 12.9. The number of fused-ring (bicyclic) bond motifs is 2. The summed E-state index contributed by atoms with van der Waals surface area (Å²) in [4.78, 5) is 0. The first-order valence-corrected chi connectivity index (χ1v) is 7.82. The first-order valence-electron chi connectivity index (χ1n) is 7.82. The largest absolute Gasteiger partial charge is 0.372 e. The van der Waals surface area contributed by atoms with Gasteiger partial charge in [0, 0.05) is 26.1 Å². The third-order valence-corrected chi connectivity index (χ3v) is 5.49. The number of allylic oxidation sites excluding steroid dienone is 2. The lowest BCUT2D eigenvalue weighted by Gasteiger charge is -2.47. The molecule has 0 unspecified atom stereocenters. The molecule has 0 aliphatic heterocycles. The maximum Gasteiger partial charge on any atom is 0.105 e. The van der Waals surface area contributed by atoms with Gasteiger partial charge in [-0.1, -0.05) is 35.9 Å². The Morgan fingerprint density at radius 2 is 1.52 bits per heavy atom. The van der Waals surface area contributed by atoms with Crippen molar-refractivity contribution >= 4 is 0 Å². The molecule has 0 radical (unpaired) electrons. The van der Waals surface area contributed by atoms with Crippen LogP contribution in [-0.4, -0.2) is 14.2 Å². The average Bonchev–Trinajstić information content (AvgIpc) is 2.52. The molecular formula is C19H22O2. The van der Waals surface area contributed by atoms with Crippen LogP contribution in [0.2, 0.25) is 0 Å². The number of hydrogen-bond donors (Lipinski definition) is 0. The Hall–Kier alpha value is -1.38. The van der Waals surface area contributed by atoms with Crippen molar-refractivity contribution in [3.8, 4) is 0 Å². The quantitative estimate of drug-likeness (QED) is 0.750. The Kier molecular flexibility index (Phi) is 3.05. The van der Waals surface area contributed by atoms with Gasteiger partial charge in [-0.2, -0.15) is 0 Å². The van der Waals surface area contributed by atoms with E-state index >= 15 is 0 Å². The van der Waals surface area contributed by atoms with Gasteiger partial charge in [0.15, 0.2) is 0 Å². The zero-order valence-electron chi connectivity index (χ0n) is 12.9. The topological polar surface area (TPSA) is 18.5 Å². The highest BCUT2D eigenvalue weighted by atomic mass is 16.5. The molecular weight excluding hydrogens is 260 g/mol. The lowest BCUT2D eigenvalue weighted by molar-refractivity contribution is 0.0764. The van der Waals surface area contributed by atoms with Gasteiger partial charge in [-0.3, -0.25) is 0 Å². The molecule has 0 saturated carbocycles. The van der Waals surface area contributed by atoms with E-state index in [1.165, 1.54) is 40.7 Å². The van der Waals surface area contributed by atoms with Crippen LogP contribution in [0.1, 0.15) is 43.1 Å². The van der Waals surface area contributed by atoms with Gasteiger partial charge < -0.3 is 9.47 Å². The van der Waals surface area contributed by atoms with Crippen molar-refractivity contribution < 1.29 is 9.47 Å². The second kappa shape index (κ2) is 4.82. The molecule has 2 heteroatoms. The van der Waals surface area contributed by atoms with Gasteiger partial charge in [0.05, 0.1) is 0 Å². The van der Waals surface area contributed by atoms with E-state index < -0.39 is 0 Å². The summed E-state index contributed by atoms with van der Waals surface area (Å²) in [5, 5.41) is 0. The number of benzene rings is 1. The van der Waals surface area contributed by atoms with Crippen molar-refractivity contribution in [1.82, 2.24) is 0 Å². The fourth-order valence-electron chi connectivity index (χ4n) is 4.66. The van der Waals surface area contributed by atoms with E-state index in [2.05, 4.69) is 37.3 Å². The van der Waals surface area contributed by atoms with Crippen LogP contribution in [0.5, 0.6) is 0 Å². The molecule has 1 aromatic rings. The van der Waals surface area contributed by atoms with Crippen LogP contribution in [0.4, 0.5) is 0 Å². The SMILES string of the molecule is CO[C@@H]1C2=C([C@@H]3C=C(C)[C@@H]2CC3)[C@H](OC)c2ccccc21. The summed E-state index contributed by atoms with van der Waals surface area (Å²) in [5.74, 6) is 1.07. The van der Waals surface area contributed by atoms with Crippen molar-refractivity contribution in [3.05, 3.63) is 58.2 Å². The predicted molar refractivity (Wildman–Crippen MR) is 82.9 cm³/mol. The van der Waals surface area contributed by atoms with E-state index in [-0.39, 0.29) is 12.2 Å². The van der Waals surface area contributed by atoms with Crippen LogP contribution in [0, 0.1) is 11.8 Å². The smallest absolute Gasteiger partial charge is 0.105 e. The van der Waals surface area contributed by atoms with Crippen LogP contribution in [0.3, 0.4) is 0 Å². The van der Waals surface area contributed by atoms with Crippen molar-refractivity contribution in [2.45, 2.75) is 32.0 Å². The van der Waals surface area contributed by atoms with E-state index in [0.29, 0.717) is 11.8 Å². The maximum absolute atomic E-state index is 5.94. The molecule has 4 aliphatic rings. The molecule has 1 aromatic carbocycles. The van der Waals surface area contributed by atoms with Gasteiger partial charge in [0.25, 0.3) is 0 Å². The molecule has 0 spiro atoms. The van der Waals surface area contributed by atoms with E-state index in [4.69, 9.17) is 9.47 Å². The molecule has 4 aliphatic carbocycles. The van der Waals surface area contributed by atoms with E-state index in [1.807, 2.05) is 14.2 Å². The summed E-state index contributed by atoms with van der Waals surface area (Å²) in [6.45, 7) is 2.27. The first-order chi connectivity index (χ1) is 10.3. The van der Waals surface area contributed by atoms with Gasteiger partial charge in [-0.05, 0) is 42.0 Å². The summed E-state index contributed by atoms with van der Waals surface area (Å²) in [7, 11) is 3.67. The van der Waals surface area contributed by atoms with Crippen LogP contribution >= 0.6 is 0 Å². The third-order valence-electron chi connectivity index (χ3n) is 5.49. The normalized spacial score (nSPS) is 33.6. The minimum Gasteiger partial charge on any atom is -0.372 e. The van der Waals surface area contributed by atoms with Gasteiger partial charge in [-0.25, -0.2) is 0 Å². The summed E-state index contributed by atoms with van der Waals surface area (Å²) in [6, 6.07) is 8.59. The summed E-state index contributed by atoms with van der Waals surface area (Å²) in [6.07, 6.45) is 5.15. The van der Waals surface area contributed by atoms with Crippen LogP contribution < -0.4 is 0 Å². The highest BCUT2D eigenvalue weighted by Crippen LogP contribution is 2.57. The van der Waals surface area contributed by atoms with Crippen LogP contribution in [0.15, 0.2) is 47.1 Å². The Balaban J connectivity index is 1.94. The molecule has 0 aromatic heterocycles. The number of ether oxygens (including phenoxy) is 2. The lowest BCUT2D eigenvalue weighted by atomic mass is 9.61. The zero-order chi connectivity index (χ0) is 14.6. The minimum atomic E-state index is 0.0963. The molecule has 4 atom stereocenters. The molecule has 2 nitrogen and oxygen atoms in total. The van der Waals surface area contributed by atoms with E-state index in [0.717, 1.165) is 0 Å². The highest BCUT2D eigenvalue weighted by molar-refractivity contribution is 5.53. The van der Waals surface area contributed by atoms with Crippen LogP contribution in [-0.2, 0) is 9.47 Å². The second-order valence-electron chi connectivity index (χ2n) is 6.42. The number of hydrogen-bond acceptors (Lipinski definition) is 2. The summed E-state index contributed by atoms with van der Waals surface area (Å²) in [5.41, 5.74) is 7.04. The highest BCUT2D eigenvalue weighted by Gasteiger charge is 2.45. The third kappa shape index (κ3) is 1.72. The van der Waals surface area contributed by atoms with Crippen molar-refractivity contribution in [2.24, 2.45) is 11.8 Å². The average molecular weight is 282 g/mol. The fraction of sp³-hybridized carbons (Fsp3) is 0.474. The van der Waals surface area contributed by atoms with Crippen LogP contribution in [0.25, 0.3) is 0 Å². The second-order valence-corrected chi connectivity index (χ2v) is 6.42. The standard InChI is InChI=1S/C19H22O2/c1-11-10-12-8-9-13(11)17-16(12)18(20-2)14-6-4-5-7-15(14)19(17)21-3/h4-7,10,12-13,18-19H,8-9H2,1-3H3/t12-,13-,18+,19-/m0/s1. The van der Waals surface area contributed by atoms with Gasteiger partial charge in [0.2, 0.25) is 0 Å². The Labute approximate surface area is 126 Å². The van der Waals surface area contributed by atoms with Crippen molar-refractivity contribution in [3.63, 3.8) is 0 Å². The molecule has 0 fully saturated rings. The molecule has 0 heterocycles. The minimum absolute atomic E-state index is 0.0963. The summed E-state index contributed by atoms with van der Waals surface area (Å²) < 4.78 is 11.9. The lowest BCUT2D eigenvalue weighted by Crippen LogP contribution is -2.35. The first kappa shape index (κ1) is 13.3. The Bertz CT molecular complexity index is 641. The van der Waals surface area contributed by atoms with Gasteiger partial charge in [-0.15, -0.1) is 0 Å². The molecule has 0 amide bonds. The van der Waals surface area contributed by atoms with Gasteiger partial charge >= 0.3 is 0 Å². The van der Waals surface area contributed by atoms with Crippen molar-refractivity contribution in [1.29, 1.82) is 0 Å². The van der Waals surface area contributed by atoms with Crippen molar-refractivity contribution in [2.75, 3.05) is 14.2 Å². The Morgan fingerprint density at radius 1 is 0.905 bits per heavy atom. The van der Waals surface area contributed by atoms with E-state index in [1.54, 1.807) is 0 Å². The molecule has 110 valence electrons. The predicted octanol–water partition coefficient (Wildman–Crippen LogP) is 4.36. The molecule has 5 rings (SSSR count). The number of methoxy groups -OCH3 is 2. The molecule has 0 saturated heterocycles. The molecule has 21 heavy (non-hydrogen) atoms. The Morgan fingerprint density at radius 3 is 2.10 bits per heavy atom. The van der Waals surface area contributed by atoms with E-state index in [9.17, 15) is 0 Å². The number of rotatable bonds is 2. The van der Waals surface area contributed by atoms with Gasteiger partial charge in [0.1, 0.15) is 12.2 Å². The molecule has 2 bridgehead atoms. The maximum atomic E-state index is 5.94. The fourth-order valence-corrected chi connectivity index (χ4v) is 4.66. The monoisotopic (exact) mass is 282 g/mol. The molecule has 0 N–H and O–H groups in total.